The normalized spacial score (nSPS) is 10.5. The zero-order valence-electron chi connectivity index (χ0n) is 8.86. The molecule has 17 heavy (non-hydrogen) atoms. The molecule has 2 aromatic rings. The van der Waals surface area contributed by atoms with Crippen LogP contribution in [-0.4, -0.2) is 4.57 Å². The van der Waals surface area contributed by atoms with Gasteiger partial charge in [0.15, 0.2) is 0 Å². The smallest absolute Gasteiger partial charge is 0.265 e. The van der Waals surface area contributed by atoms with Gasteiger partial charge < -0.3 is 10.3 Å². The number of nitrogen functional groups attached to an aromatic ring is 1. The first kappa shape index (κ1) is 11.9. The third kappa shape index (κ3) is 2.39. The highest BCUT2D eigenvalue weighted by molar-refractivity contribution is 9.10. The maximum absolute atomic E-state index is 13.6. The van der Waals surface area contributed by atoms with Crippen LogP contribution in [0.15, 0.2) is 45.8 Å². The highest BCUT2D eigenvalue weighted by atomic mass is 79.9. The zero-order chi connectivity index (χ0) is 12.4. The number of pyridine rings is 1. The second kappa shape index (κ2) is 4.71. The van der Waals surface area contributed by atoms with E-state index in [4.69, 9.17) is 5.73 Å². The zero-order valence-corrected chi connectivity index (χ0v) is 10.4. The molecule has 1 aromatic heterocycles. The molecule has 88 valence electrons. The molecular weight excluding hydrogens is 287 g/mol. The summed E-state index contributed by atoms with van der Waals surface area (Å²) in [5, 5.41) is 0. The Bertz CT molecular complexity index is 589. The minimum absolute atomic E-state index is 0.122. The summed E-state index contributed by atoms with van der Waals surface area (Å²) in [6.07, 6.45) is 1.60. The molecule has 1 heterocycles. The molecule has 2 N–H and O–H groups in total. The van der Waals surface area contributed by atoms with Gasteiger partial charge in [0.1, 0.15) is 5.82 Å². The number of nitrogens with two attached hydrogens (primary N) is 1. The van der Waals surface area contributed by atoms with E-state index >= 15 is 0 Å². The molecule has 0 unspecified atom stereocenters. The maximum Gasteiger partial charge on any atom is 0.265 e. The van der Waals surface area contributed by atoms with E-state index in [2.05, 4.69) is 15.9 Å². The van der Waals surface area contributed by atoms with Crippen LogP contribution in [0.5, 0.6) is 0 Å². The first-order valence-corrected chi connectivity index (χ1v) is 5.76. The van der Waals surface area contributed by atoms with Crippen molar-refractivity contribution in [1.82, 2.24) is 4.57 Å². The molecule has 0 bridgehead atoms. The third-order valence-corrected chi connectivity index (χ3v) is 3.06. The van der Waals surface area contributed by atoms with Gasteiger partial charge in [0, 0.05) is 17.4 Å². The Morgan fingerprint density at radius 2 is 2.06 bits per heavy atom. The lowest BCUT2D eigenvalue weighted by atomic mass is 10.1. The summed E-state index contributed by atoms with van der Waals surface area (Å²) < 4.78 is 15.4. The fourth-order valence-electron chi connectivity index (χ4n) is 1.54. The average Bonchev–Trinajstić information content (AvgIpc) is 2.29. The number of rotatable bonds is 2. The summed E-state index contributed by atoms with van der Waals surface area (Å²) in [6, 6.07) is 7.83. The van der Waals surface area contributed by atoms with Crippen LogP contribution in [0.4, 0.5) is 10.1 Å². The van der Waals surface area contributed by atoms with Crippen LogP contribution < -0.4 is 11.3 Å². The highest BCUT2D eigenvalue weighted by Crippen LogP contribution is 2.16. The van der Waals surface area contributed by atoms with Crippen LogP contribution in [0.25, 0.3) is 0 Å². The number of anilines is 1. The van der Waals surface area contributed by atoms with Gasteiger partial charge in [-0.3, -0.25) is 4.79 Å². The fourth-order valence-corrected chi connectivity index (χ4v) is 1.92. The molecule has 0 spiro atoms. The first-order chi connectivity index (χ1) is 8.09. The Kier molecular flexibility index (Phi) is 3.28. The van der Waals surface area contributed by atoms with E-state index in [0.29, 0.717) is 15.7 Å². The van der Waals surface area contributed by atoms with Crippen LogP contribution >= 0.6 is 15.9 Å². The van der Waals surface area contributed by atoms with Crippen molar-refractivity contribution in [2.24, 2.45) is 0 Å². The number of benzene rings is 1. The van der Waals surface area contributed by atoms with Crippen LogP contribution in [0, 0.1) is 5.82 Å². The number of hydrogen-bond acceptors (Lipinski definition) is 2. The van der Waals surface area contributed by atoms with Gasteiger partial charge in [-0.25, -0.2) is 4.39 Å². The minimum atomic E-state index is -0.406. The standard InChI is InChI=1S/C12H10BrFN2O/c13-9-3-2-6-16(12(9)17)7-8-10(14)4-1-5-11(8)15/h1-6H,7,15H2. The molecule has 5 heteroatoms. The van der Waals surface area contributed by atoms with Crippen molar-refractivity contribution in [3.63, 3.8) is 0 Å². The monoisotopic (exact) mass is 296 g/mol. The lowest BCUT2D eigenvalue weighted by molar-refractivity contribution is 0.597. The van der Waals surface area contributed by atoms with Gasteiger partial charge in [-0.1, -0.05) is 6.07 Å². The van der Waals surface area contributed by atoms with Gasteiger partial charge in [-0.2, -0.15) is 0 Å². The van der Waals surface area contributed by atoms with Crippen LogP contribution in [0.1, 0.15) is 5.56 Å². The summed E-state index contributed by atoms with van der Waals surface area (Å²) in [7, 11) is 0. The first-order valence-electron chi connectivity index (χ1n) is 4.97. The number of halogens is 2. The van der Waals surface area contributed by atoms with Crippen LogP contribution in [-0.2, 0) is 6.54 Å². The predicted octanol–water partition coefficient (Wildman–Crippen LogP) is 2.38. The molecule has 0 fully saturated rings. The fraction of sp³-hybridized carbons (Fsp3) is 0.0833. The summed E-state index contributed by atoms with van der Waals surface area (Å²) >= 11 is 3.14. The Hall–Kier alpha value is -1.62. The van der Waals surface area contributed by atoms with E-state index in [1.165, 1.54) is 16.7 Å². The molecule has 0 aliphatic heterocycles. The molecule has 1 aromatic carbocycles. The van der Waals surface area contributed by atoms with Crippen molar-refractivity contribution in [3.05, 3.63) is 62.7 Å². The topological polar surface area (TPSA) is 48.0 Å². The van der Waals surface area contributed by atoms with Gasteiger partial charge in [0.2, 0.25) is 0 Å². The second-order valence-electron chi connectivity index (χ2n) is 3.60. The van der Waals surface area contributed by atoms with Gasteiger partial charge in [-0.05, 0) is 40.2 Å². The van der Waals surface area contributed by atoms with Crippen molar-refractivity contribution < 1.29 is 4.39 Å². The Labute approximate surface area is 106 Å². The molecule has 0 saturated heterocycles. The minimum Gasteiger partial charge on any atom is -0.398 e. The van der Waals surface area contributed by atoms with Crippen molar-refractivity contribution in [3.8, 4) is 0 Å². The second-order valence-corrected chi connectivity index (χ2v) is 4.45. The molecular formula is C12H10BrFN2O. The third-order valence-electron chi connectivity index (χ3n) is 2.46. The molecule has 0 aliphatic rings. The Morgan fingerprint density at radius 1 is 1.29 bits per heavy atom. The number of hydrogen-bond donors (Lipinski definition) is 1. The largest absolute Gasteiger partial charge is 0.398 e. The number of aromatic nitrogens is 1. The lowest BCUT2D eigenvalue weighted by Crippen LogP contribution is -2.21. The summed E-state index contributed by atoms with van der Waals surface area (Å²) in [6.45, 7) is 0.122. The summed E-state index contributed by atoms with van der Waals surface area (Å²) in [5.41, 5.74) is 6.15. The summed E-state index contributed by atoms with van der Waals surface area (Å²) in [4.78, 5) is 11.7. The maximum atomic E-state index is 13.6. The Balaban J connectivity index is 2.45. The van der Waals surface area contributed by atoms with Crippen molar-refractivity contribution in [2.45, 2.75) is 6.54 Å². The van der Waals surface area contributed by atoms with E-state index in [1.807, 2.05) is 0 Å². The van der Waals surface area contributed by atoms with Crippen LogP contribution in [0.3, 0.4) is 0 Å². The highest BCUT2D eigenvalue weighted by Gasteiger charge is 2.08. The molecule has 2 rings (SSSR count). The van der Waals surface area contributed by atoms with E-state index < -0.39 is 5.82 Å². The van der Waals surface area contributed by atoms with Gasteiger partial charge in [0.05, 0.1) is 11.0 Å². The molecule has 0 saturated carbocycles. The lowest BCUT2D eigenvalue weighted by Gasteiger charge is -2.09. The quantitative estimate of drug-likeness (QED) is 0.865. The average molecular weight is 297 g/mol. The van der Waals surface area contributed by atoms with Crippen molar-refractivity contribution in [2.75, 3.05) is 5.73 Å². The van der Waals surface area contributed by atoms with Gasteiger partial charge >= 0.3 is 0 Å². The van der Waals surface area contributed by atoms with E-state index in [1.54, 1.807) is 24.4 Å². The van der Waals surface area contributed by atoms with Crippen molar-refractivity contribution >= 4 is 21.6 Å². The van der Waals surface area contributed by atoms with Crippen LogP contribution in [0.2, 0.25) is 0 Å². The predicted molar refractivity (Wildman–Crippen MR) is 68.3 cm³/mol. The molecule has 0 atom stereocenters. The van der Waals surface area contributed by atoms with E-state index in [9.17, 15) is 9.18 Å². The summed E-state index contributed by atoms with van der Waals surface area (Å²) in [5.74, 6) is -0.406. The van der Waals surface area contributed by atoms with Crippen molar-refractivity contribution in [1.29, 1.82) is 0 Å². The molecule has 0 amide bonds. The Morgan fingerprint density at radius 3 is 2.76 bits per heavy atom. The molecule has 0 radical (unpaired) electrons. The van der Waals surface area contributed by atoms with Gasteiger partial charge in [0.25, 0.3) is 5.56 Å². The van der Waals surface area contributed by atoms with Gasteiger partial charge in [-0.15, -0.1) is 0 Å². The SMILES string of the molecule is Nc1cccc(F)c1Cn1cccc(Br)c1=O. The molecule has 0 aliphatic carbocycles. The number of nitrogens with zero attached hydrogens (tertiary/aromatic N) is 1. The molecule has 3 nitrogen and oxygen atoms in total. The van der Waals surface area contributed by atoms with E-state index in [0.717, 1.165) is 0 Å². The van der Waals surface area contributed by atoms with E-state index in [-0.39, 0.29) is 12.1 Å².